The average Bonchev–Trinajstić information content (AvgIpc) is 3.04. The van der Waals surface area contributed by atoms with Gasteiger partial charge in [-0.1, -0.05) is 42.5 Å². The Morgan fingerprint density at radius 1 is 1.32 bits per heavy atom. The lowest BCUT2D eigenvalue weighted by atomic mass is 9.68. The van der Waals surface area contributed by atoms with Crippen molar-refractivity contribution in [2.24, 2.45) is 5.10 Å². The molecule has 0 bridgehead atoms. The summed E-state index contributed by atoms with van der Waals surface area (Å²) in [4.78, 5) is 14.8. The second-order valence-electron chi connectivity index (χ2n) is 7.62. The molecule has 1 unspecified atom stereocenters. The maximum absolute atomic E-state index is 13.2. The van der Waals surface area contributed by atoms with E-state index in [0.717, 1.165) is 22.6 Å². The summed E-state index contributed by atoms with van der Waals surface area (Å²) in [5.74, 6) is 0.707. The van der Waals surface area contributed by atoms with Crippen LogP contribution in [-0.2, 0) is 10.2 Å². The van der Waals surface area contributed by atoms with E-state index in [2.05, 4.69) is 24.8 Å². The van der Waals surface area contributed by atoms with Gasteiger partial charge in [0.15, 0.2) is 0 Å². The molecular formula is C23H25N3O2. The third-order valence-electron chi connectivity index (χ3n) is 5.62. The minimum absolute atomic E-state index is 0.0886. The number of ether oxygens (including phenoxy) is 1. The SMILES string of the molecule is C=CC[C@]1(c2ccccc2)C(C(=O)N(C)C)=NN2c3cc(C)ccc3OCC21. The molecule has 144 valence electrons. The van der Waals surface area contributed by atoms with Crippen LogP contribution in [0.2, 0.25) is 0 Å². The smallest absolute Gasteiger partial charge is 0.270 e. The van der Waals surface area contributed by atoms with E-state index in [4.69, 9.17) is 9.84 Å². The fourth-order valence-corrected chi connectivity index (χ4v) is 4.25. The highest BCUT2D eigenvalue weighted by Gasteiger charge is 2.56. The molecule has 0 fully saturated rings. The summed E-state index contributed by atoms with van der Waals surface area (Å²) in [7, 11) is 3.53. The molecule has 2 aromatic carbocycles. The lowest BCUT2D eigenvalue weighted by Crippen LogP contribution is -2.54. The van der Waals surface area contributed by atoms with E-state index in [-0.39, 0.29) is 11.9 Å². The van der Waals surface area contributed by atoms with Crippen LogP contribution in [-0.4, -0.2) is 43.3 Å². The van der Waals surface area contributed by atoms with Crippen molar-refractivity contribution >= 4 is 17.3 Å². The van der Waals surface area contributed by atoms with Gasteiger partial charge in [0.2, 0.25) is 0 Å². The number of hydrogen-bond acceptors (Lipinski definition) is 4. The zero-order valence-corrected chi connectivity index (χ0v) is 16.6. The minimum atomic E-state index is -0.619. The zero-order valence-electron chi connectivity index (χ0n) is 16.6. The van der Waals surface area contributed by atoms with Gasteiger partial charge in [0.1, 0.15) is 29.8 Å². The molecule has 2 atom stereocenters. The van der Waals surface area contributed by atoms with Crippen LogP contribution in [0, 0.1) is 6.92 Å². The van der Waals surface area contributed by atoms with Gasteiger partial charge in [-0.25, -0.2) is 0 Å². The van der Waals surface area contributed by atoms with Gasteiger partial charge in [0, 0.05) is 14.1 Å². The first kappa shape index (κ1) is 18.3. The first-order valence-corrected chi connectivity index (χ1v) is 9.49. The third-order valence-corrected chi connectivity index (χ3v) is 5.62. The summed E-state index contributed by atoms with van der Waals surface area (Å²) in [6.07, 6.45) is 2.47. The number of hydrogen-bond donors (Lipinski definition) is 0. The summed E-state index contributed by atoms with van der Waals surface area (Å²) < 4.78 is 6.13. The van der Waals surface area contributed by atoms with Crippen LogP contribution in [0.15, 0.2) is 66.3 Å². The second-order valence-corrected chi connectivity index (χ2v) is 7.62. The molecule has 2 heterocycles. The maximum atomic E-state index is 13.2. The van der Waals surface area contributed by atoms with Crippen molar-refractivity contribution < 1.29 is 9.53 Å². The molecular weight excluding hydrogens is 350 g/mol. The number of amides is 1. The second kappa shape index (κ2) is 6.82. The zero-order chi connectivity index (χ0) is 19.9. The molecule has 0 saturated heterocycles. The lowest BCUT2D eigenvalue weighted by molar-refractivity contribution is -0.122. The standard InChI is InChI=1S/C23H25N3O2/c1-5-13-23(17-9-7-6-8-10-17)20-15-28-19-12-11-16(2)14-18(19)26(20)24-21(23)22(27)25(3)4/h5-12,14,20H,1,13,15H2,2-4H3/t20?,23-/m1/s1. The minimum Gasteiger partial charge on any atom is -0.489 e. The monoisotopic (exact) mass is 375 g/mol. The van der Waals surface area contributed by atoms with Gasteiger partial charge in [-0.3, -0.25) is 9.80 Å². The molecule has 0 spiro atoms. The van der Waals surface area contributed by atoms with E-state index in [1.165, 1.54) is 0 Å². The molecule has 5 heteroatoms. The summed E-state index contributed by atoms with van der Waals surface area (Å²) in [6, 6.07) is 16.1. The highest BCUT2D eigenvalue weighted by molar-refractivity contribution is 6.43. The van der Waals surface area contributed by atoms with Gasteiger partial charge in [0.05, 0.1) is 5.41 Å². The van der Waals surface area contributed by atoms with E-state index < -0.39 is 5.41 Å². The van der Waals surface area contributed by atoms with Crippen molar-refractivity contribution in [2.45, 2.75) is 24.8 Å². The van der Waals surface area contributed by atoms with Crippen molar-refractivity contribution in [1.29, 1.82) is 0 Å². The highest BCUT2D eigenvalue weighted by atomic mass is 16.5. The van der Waals surface area contributed by atoms with Crippen LogP contribution in [0.3, 0.4) is 0 Å². The van der Waals surface area contributed by atoms with Crippen molar-refractivity contribution in [2.75, 3.05) is 25.7 Å². The van der Waals surface area contributed by atoms with Crippen molar-refractivity contribution in [3.63, 3.8) is 0 Å². The number of carbonyl (C=O) groups is 1. The van der Waals surface area contributed by atoms with Crippen LogP contribution < -0.4 is 9.75 Å². The number of aryl methyl sites for hydroxylation is 1. The van der Waals surface area contributed by atoms with Crippen molar-refractivity contribution in [1.82, 2.24) is 4.90 Å². The predicted molar refractivity (Wildman–Crippen MR) is 112 cm³/mol. The summed E-state index contributed by atoms with van der Waals surface area (Å²) >= 11 is 0. The van der Waals surface area contributed by atoms with E-state index in [1.807, 2.05) is 48.3 Å². The largest absolute Gasteiger partial charge is 0.489 e. The lowest BCUT2D eigenvalue weighted by Gasteiger charge is -2.41. The number of carbonyl (C=O) groups excluding carboxylic acids is 1. The third kappa shape index (κ3) is 2.61. The van der Waals surface area contributed by atoms with Gasteiger partial charge < -0.3 is 9.64 Å². The number of nitrogens with zero attached hydrogens (tertiary/aromatic N) is 3. The van der Waals surface area contributed by atoms with Crippen LogP contribution in [0.1, 0.15) is 17.5 Å². The Morgan fingerprint density at radius 3 is 2.75 bits per heavy atom. The Hall–Kier alpha value is -3.08. The average molecular weight is 375 g/mol. The van der Waals surface area contributed by atoms with Crippen LogP contribution >= 0.6 is 0 Å². The number of rotatable bonds is 4. The van der Waals surface area contributed by atoms with E-state index >= 15 is 0 Å². The normalized spacial score (nSPS) is 22.6. The topological polar surface area (TPSA) is 45.1 Å². The summed E-state index contributed by atoms with van der Waals surface area (Å²) in [5.41, 5.74) is 3.00. The highest BCUT2D eigenvalue weighted by Crippen LogP contribution is 2.48. The fraction of sp³-hybridized carbons (Fsp3) is 0.304. The molecule has 1 amide bonds. The molecule has 0 aromatic heterocycles. The Balaban J connectivity index is 1.95. The van der Waals surface area contributed by atoms with E-state index in [1.54, 1.807) is 19.0 Å². The van der Waals surface area contributed by atoms with Crippen LogP contribution in [0.5, 0.6) is 5.75 Å². The van der Waals surface area contributed by atoms with Crippen molar-refractivity contribution in [3.8, 4) is 5.75 Å². The van der Waals surface area contributed by atoms with Crippen LogP contribution in [0.25, 0.3) is 0 Å². The molecule has 5 nitrogen and oxygen atoms in total. The number of anilines is 1. The number of benzene rings is 2. The molecule has 0 N–H and O–H groups in total. The van der Waals surface area contributed by atoms with Gasteiger partial charge in [-0.05, 0) is 36.6 Å². The number of allylic oxidation sites excluding steroid dienone is 1. The van der Waals surface area contributed by atoms with Gasteiger partial charge in [-0.2, -0.15) is 5.10 Å². The molecule has 2 aromatic rings. The molecule has 2 aliphatic rings. The Morgan fingerprint density at radius 2 is 2.07 bits per heavy atom. The van der Waals surface area contributed by atoms with E-state index in [0.29, 0.717) is 18.7 Å². The van der Waals surface area contributed by atoms with E-state index in [9.17, 15) is 4.79 Å². The number of fused-ring (bicyclic) bond motifs is 3. The predicted octanol–water partition coefficient (Wildman–Crippen LogP) is 3.53. The van der Waals surface area contributed by atoms with Crippen LogP contribution in [0.4, 0.5) is 5.69 Å². The molecule has 0 saturated carbocycles. The molecule has 4 rings (SSSR count). The van der Waals surface area contributed by atoms with Gasteiger partial charge >= 0.3 is 0 Å². The van der Waals surface area contributed by atoms with Gasteiger partial charge in [-0.15, -0.1) is 6.58 Å². The molecule has 0 aliphatic carbocycles. The first-order valence-electron chi connectivity index (χ1n) is 9.49. The van der Waals surface area contributed by atoms with Crippen molar-refractivity contribution in [3.05, 3.63) is 72.3 Å². The Kier molecular flexibility index (Phi) is 4.46. The molecule has 2 aliphatic heterocycles. The van der Waals surface area contributed by atoms with Gasteiger partial charge in [0.25, 0.3) is 5.91 Å². The first-order chi connectivity index (χ1) is 13.5. The maximum Gasteiger partial charge on any atom is 0.270 e. The molecule has 0 radical (unpaired) electrons. The number of hydrazone groups is 1. The Labute approximate surface area is 165 Å². The fourth-order valence-electron chi connectivity index (χ4n) is 4.25. The summed E-state index contributed by atoms with van der Waals surface area (Å²) in [6.45, 7) is 6.49. The Bertz CT molecular complexity index is 952. The quantitative estimate of drug-likeness (QED) is 0.768. The molecule has 28 heavy (non-hydrogen) atoms. The summed E-state index contributed by atoms with van der Waals surface area (Å²) in [5, 5.41) is 6.88.